The molecular weight excluding hydrogens is 276 g/mol. The number of nitrogens with one attached hydrogen (secondary N) is 2. The lowest BCUT2D eigenvalue weighted by Crippen LogP contribution is -2.15. The van der Waals surface area contributed by atoms with Crippen LogP contribution in [-0.4, -0.2) is 29.7 Å². The van der Waals surface area contributed by atoms with Crippen LogP contribution in [0.15, 0.2) is 36.5 Å². The van der Waals surface area contributed by atoms with Gasteiger partial charge < -0.3 is 15.4 Å². The van der Waals surface area contributed by atoms with E-state index in [0.717, 1.165) is 31.0 Å². The van der Waals surface area contributed by atoms with Crippen LogP contribution in [0.3, 0.4) is 0 Å². The van der Waals surface area contributed by atoms with Crippen molar-refractivity contribution < 1.29 is 4.74 Å². The molecule has 0 fully saturated rings. The number of methoxy groups -OCH3 is 1. The SMILES string of the molecule is CCC(C)Nc1ccnc(NCCc2ccc(OC)cc2)n1. The Hall–Kier alpha value is -2.30. The summed E-state index contributed by atoms with van der Waals surface area (Å²) in [5.74, 6) is 2.39. The fraction of sp³-hybridized carbons (Fsp3) is 0.412. The van der Waals surface area contributed by atoms with Gasteiger partial charge in [0.05, 0.1) is 7.11 Å². The van der Waals surface area contributed by atoms with Crippen LogP contribution in [0.2, 0.25) is 0 Å². The Morgan fingerprint density at radius 2 is 1.95 bits per heavy atom. The van der Waals surface area contributed by atoms with Crippen molar-refractivity contribution in [3.63, 3.8) is 0 Å². The normalized spacial score (nSPS) is 11.8. The van der Waals surface area contributed by atoms with Crippen molar-refractivity contribution in [3.05, 3.63) is 42.1 Å². The van der Waals surface area contributed by atoms with Crippen molar-refractivity contribution in [1.82, 2.24) is 9.97 Å². The second-order valence-electron chi connectivity index (χ2n) is 5.24. The number of hydrogen-bond acceptors (Lipinski definition) is 5. The molecule has 0 saturated carbocycles. The number of benzene rings is 1. The fourth-order valence-electron chi connectivity index (χ4n) is 1.99. The zero-order valence-electron chi connectivity index (χ0n) is 13.5. The van der Waals surface area contributed by atoms with E-state index in [2.05, 4.69) is 46.6 Å². The minimum atomic E-state index is 0.405. The summed E-state index contributed by atoms with van der Waals surface area (Å²) in [4.78, 5) is 8.71. The molecular formula is C17H24N4O. The molecule has 1 aromatic carbocycles. The maximum atomic E-state index is 5.15. The van der Waals surface area contributed by atoms with E-state index < -0.39 is 0 Å². The first-order chi connectivity index (χ1) is 10.7. The van der Waals surface area contributed by atoms with Crippen molar-refractivity contribution in [2.24, 2.45) is 0 Å². The lowest BCUT2D eigenvalue weighted by molar-refractivity contribution is 0.414. The van der Waals surface area contributed by atoms with Crippen molar-refractivity contribution in [3.8, 4) is 5.75 Å². The highest BCUT2D eigenvalue weighted by Gasteiger charge is 2.02. The summed E-state index contributed by atoms with van der Waals surface area (Å²) in [6, 6.07) is 10.4. The van der Waals surface area contributed by atoms with Gasteiger partial charge in [0.25, 0.3) is 0 Å². The molecule has 0 amide bonds. The third kappa shape index (κ3) is 4.91. The summed E-state index contributed by atoms with van der Waals surface area (Å²) in [5, 5.41) is 6.61. The van der Waals surface area contributed by atoms with Gasteiger partial charge in [0.15, 0.2) is 0 Å². The monoisotopic (exact) mass is 300 g/mol. The van der Waals surface area contributed by atoms with Crippen LogP contribution in [0.25, 0.3) is 0 Å². The molecule has 2 N–H and O–H groups in total. The summed E-state index contributed by atoms with van der Waals surface area (Å²) in [5.41, 5.74) is 1.25. The Kier molecular flexibility index (Phi) is 6.01. The molecule has 1 atom stereocenters. The highest BCUT2D eigenvalue weighted by Crippen LogP contribution is 2.12. The number of hydrogen-bond donors (Lipinski definition) is 2. The lowest BCUT2D eigenvalue weighted by atomic mass is 10.1. The second-order valence-corrected chi connectivity index (χ2v) is 5.24. The smallest absolute Gasteiger partial charge is 0.224 e. The summed E-state index contributed by atoms with van der Waals surface area (Å²) < 4.78 is 5.15. The van der Waals surface area contributed by atoms with E-state index in [4.69, 9.17) is 4.74 Å². The molecule has 5 nitrogen and oxygen atoms in total. The van der Waals surface area contributed by atoms with Crippen LogP contribution < -0.4 is 15.4 Å². The van der Waals surface area contributed by atoms with Gasteiger partial charge in [-0.05, 0) is 43.5 Å². The fourth-order valence-corrected chi connectivity index (χ4v) is 1.99. The number of aromatic nitrogens is 2. The maximum Gasteiger partial charge on any atom is 0.224 e. The number of ether oxygens (including phenoxy) is 1. The molecule has 22 heavy (non-hydrogen) atoms. The molecule has 118 valence electrons. The third-order valence-corrected chi connectivity index (χ3v) is 3.52. The van der Waals surface area contributed by atoms with Gasteiger partial charge in [-0.15, -0.1) is 0 Å². The van der Waals surface area contributed by atoms with E-state index in [1.54, 1.807) is 13.3 Å². The zero-order valence-corrected chi connectivity index (χ0v) is 13.5. The van der Waals surface area contributed by atoms with E-state index in [0.29, 0.717) is 12.0 Å². The van der Waals surface area contributed by atoms with Crippen LogP contribution >= 0.6 is 0 Å². The summed E-state index contributed by atoms with van der Waals surface area (Å²) >= 11 is 0. The predicted octanol–water partition coefficient (Wildman–Crippen LogP) is 3.35. The second kappa shape index (κ2) is 8.22. The highest BCUT2D eigenvalue weighted by molar-refractivity contribution is 5.40. The van der Waals surface area contributed by atoms with Gasteiger partial charge in [-0.2, -0.15) is 4.98 Å². The molecule has 0 spiro atoms. The molecule has 5 heteroatoms. The standard InChI is InChI=1S/C17H24N4O/c1-4-13(2)20-16-10-12-19-17(21-16)18-11-9-14-5-7-15(22-3)8-6-14/h5-8,10,12-13H,4,9,11H2,1-3H3,(H2,18,19,20,21). The average molecular weight is 300 g/mol. The van der Waals surface area contributed by atoms with Gasteiger partial charge in [0, 0.05) is 18.8 Å². The quantitative estimate of drug-likeness (QED) is 0.783. The van der Waals surface area contributed by atoms with Gasteiger partial charge in [-0.1, -0.05) is 19.1 Å². The molecule has 0 bridgehead atoms. The summed E-state index contributed by atoms with van der Waals surface area (Å²) in [6.07, 6.45) is 3.74. The first kappa shape index (κ1) is 16.1. The van der Waals surface area contributed by atoms with Crippen LogP contribution in [0.5, 0.6) is 5.75 Å². The topological polar surface area (TPSA) is 59.1 Å². The maximum absolute atomic E-state index is 5.15. The van der Waals surface area contributed by atoms with Gasteiger partial charge in [0.1, 0.15) is 11.6 Å². The molecule has 1 heterocycles. The molecule has 2 aromatic rings. The first-order valence-corrected chi connectivity index (χ1v) is 7.67. The molecule has 2 rings (SSSR count). The molecule has 0 radical (unpaired) electrons. The number of rotatable bonds is 8. The van der Waals surface area contributed by atoms with Crippen molar-refractivity contribution in [2.45, 2.75) is 32.7 Å². The average Bonchev–Trinajstić information content (AvgIpc) is 2.56. The van der Waals surface area contributed by atoms with Crippen molar-refractivity contribution in [1.29, 1.82) is 0 Å². The van der Waals surface area contributed by atoms with Crippen molar-refractivity contribution >= 4 is 11.8 Å². The predicted molar refractivity (Wildman–Crippen MR) is 90.6 cm³/mol. The number of anilines is 2. The molecule has 0 aliphatic heterocycles. The first-order valence-electron chi connectivity index (χ1n) is 7.67. The van der Waals surface area contributed by atoms with Gasteiger partial charge in [0.2, 0.25) is 5.95 Å². The van der Waals surface area contributed by atoms with Crippen LogP contribution in [0, 0.1) is 0 Å². The lowest BCUT2D eigenvalue weighted by Gasteiger charge is -2.12. The highest BCUT2D eigenvalue weighted by atomic mass is 16.5. The Morgan fingerprint density at radius 3 is 2.64 bits per heavy atom. The minimum Gasteiger partial charge on any atom is -0.497 e. The third-order valence-electron chi connectivity index (χ3n) is 3.52. The Balaban J connectivity index is 1.84. The van der Waals surface area contributed by atoms with E-state index >= 15 is 0 Å². The van der Waals surface area contributed by atoms with E-state index in [1.165, 1.54) is 5.56 Å². The van der Waals surface area contributed by atoms with Gasteiger partial charge in [-0.25, -0.2) is 4.98 Å². The molecule has 0 aliphatic carbocycles. The van der Waals surface area contributed by atoms with E-state index in [-0.39, 0.29) is 0 Å². The largest absolute Gasteiger partial charge is 0.497 e. The molecule has 0 aliphatic rings. The minimum absolute atomic E-state index is 0.405. The zero-order chi connectivity index (χ0) is 15.8. The Labute approximate surface area is 132 Å². The summed E-state index contributed by atoms with van der Waals surface area (Å²) in [7, 11) is 1.67. The molecule has 1 aromatic heterocycles. The van der Waals surface area contributed by atoms with Gasteiger partial charge in [-0.3, -0.25) is 0 Å². The number of nitrogens with zero attached hydrogens (tertiary/aromatic N) is 2. The molecule has 0 saturated heterocycles. The Bertz CT molecular complexity index is 571. The van der Waals surface area contributed by atoms with Crippen LogP contribution in [-0.2, 0) is 6.42 Å². The van der Waals surface area contributed by atoms with E-state index in [9.17, 15) is 0 Å². The van der Waals surface area contributed by atoms with Crippen LogP contribution in [0.4, 0.5) is 11.8 Å². The van der Waals surface area contributed by atoms with Crippen LogP contribution in [0.1, 0.15) is 25.8 Å². The molecule has 1 unspecified atom stereocenters. The van der Waals surface area contributed by atoms with Gasteiger partial charge >= 0.3 is 0 Å². The van der Waals surface area contributed by atoms with Crippen molar-refractivity contribution in [2.75, 3.05) is 24.3 Å². The summed E-state index contributed by atoms with van der Waals surface area (Å²) in [6.45, 7) is 5.07. The Morgan fingerprint density at radius 1 is 1.18 bits per heavy atom. The van der Waals surface area contributed by atoms with E-state index in [1.807, 2.05) is 18.2 Å².